The van der Waals surface area contributed by atoms with Gasteiger partial charge in [0.2, 0.25) is 5.91 Å². The lowest BCUT2D eigenvalue weighted by atomic mass is 9.87. The SMILES string of the molecule is CC1(C)COC(=O)/C1=C\C(=O)NCc1ccccc1. The van der Waals surface area contributed by atoms with Crippen molar-refractivity contribution in [2.24, 2.45) is 5.41 Å². The van der Waals surface area contributed by atoms with Gasteiger partial charge >= 0.3 is 5.97 Å². The van der Waals surface area contributed by atoms with Crippen molar-refractivity contribution in [3.8, 4) is 0 Å². The van der Waals surface area contributed by atoms with Gasteiger partial charge in [0.1, 0.15) is 6.61 Å². The fraction of sp³-hybridized carbons (Fsp3) is 0.333. The third kappa shape index (κ3) is 3.22. The molecule has 0 aromatic heterocycles. The standard InChI is InChI=1S/C15H17NO3/c1-15(2)10-19-14(18)12(15)8-13(17)16-9-11-6-4-3-5-7-11/h3-8H,9-10H2,1-2H3,(H,16,17)/b12-8+. The molecule has 1 aromatic carbocycles. The number of hydrogen-bond acceptors (Lipinski definition) is 3. The number of hydrogen-bond donors (Lipinski definition) is 1. The second-order valence-electron chi connectivity index (χ2n) is 5.22. The number of nitrogens with one attached hydrogen (secondary N) is 1. The number of cyclic esters (lactones) is 1. The van der Waals surface area contributed by atoms with Crippen LogP contribution in [0.15, 0.2) is 42.0 Å². The molecule has 1 amide bonds. The van der Waals surface area contributed by atoms with E-state index in [1.54, 1.807) is 0 Å². The largest absolute Gasteiger partial charge is 0.461 e. The maximum atomic E-state index is 11.8. The summed E-state index contributed by atoms with van der Waals surface area (Å²) in [6, 6.07) is 9.61. The zero-order valence-electron chi connectivity index (χ0n) is 11.1. The highest BCUT2D eigenvalue weighted by atomic mass is 16.5. The molecule has 1 saturated heterocycles. The van der Waals surface area contributed by atoms with Crippen LogP contribution in [0.25, 0.3) is 0 Å². The minimum atomic E-state index is -0.403. The first-order chi connectivity index (χ1) is 8.99. The number of carbonyl (C=O) groups is 2. The van der Waals surface area contributed by atoms with Crippen LogP contribution in [-0.4, -0.2) is 18.5 Å². The molecule has 0 radical (unpaired) electrons. The number of ether oxygens (including phenoxy) is 1. The van der Waals surface area contributed by atoms with Crippen molar-refractivity contribution < 1.29 is 14.3 Å². The van der Waals surface area contributed by atoms with Gasteiger partial charge in [0.05, 0.1) is 5.57 Å². The van der Waals surface area contributed by atoms with Gasteiger partial charge in [-0.05, 0) is 5.56 Å². The van der Waals surface area contributed by atoms with E-state index in [0.29, 0.717) is 18.7 Å². The smallest absolute Gasteiger partial charge is 0.334 e. The Hall–Kier alpha value is -2.10. The van der Waals surface area contributed by atoms with Crippen molar-refractivity contribution >= 4 is 11.9 Å². The van der Waals surface area contributed by atoms with Gasteiger partial charge in [-0.25, -0.2) is 4.79 Å². The van der Waals surface area contributed by atoms with Gasteiger partial charge in [-0.2, -0.15) is 0 Å². The molecule has 0 aliphatic carbocycles. The summed E-state index contributed by atoms with van der Waals surface area (Å²) in [5.41, 5.74) is 1.04. The predicted octanol–water partition coefficient (Wildman–Crippen LogP) is 1.81. The normalized spacial score (nSPS) is 19.3. The topological polar surface area (TPSA) is 55.4 Å². The summed E-state index contributed by atoms with van der Waals surface area (Å²) in [6.45, 7) is 4.53. The Kier molecular flexibility index (Phi) is 3.69. The Morgan fingerprint density at radius 2 is 2.05 bits per heavy atom. The molecule has 4 heteroatoms. The Morgan fingerprint density at radius 3 is 2.63 bits per heavy atom. The molecule has 1 aliphatic heterocycles. The van der Waals surface area contributed by atoms with Gasteiger partial charge in [0.25, 0.3) is 0 Å². The van der Waals surface area contributed by atoms with Crippen molar-refractivity contribution in [1.82, 2.24) is 5.32 Å². The van der Waals surface area contributed by atoms with E-state index in [-0.39, 0.29) is 5.91 Å². The van der Waals surface area contributed by atoms with Crippen LogP contribution in [0.4, 0.5) is 0 Å². The van der Waals surface area contributed by atoms with Crippen LogP contribution in [0.5, 0.6) is 0 Å². The lowest BCUT2D eigenvalue weighted by molar-refractivity contribution is -0.135. The molecule has 1 heterocycles. The Morgan fingerprint density at radius 1 is 1.37 bits per heavy atom. The van der Waals surface area contributed by atoms with Crippen LogP contribution in [0, 0.1) is 5.41 Å². The molecule has 1 fully saturated rings. The molecule has 0 spiro atoms. The van der Waals surface area contributed by atoms with E-state index in [9.17, 15) is 9.59 Å². The maximum Gasteiger partial charge on any atom is 0.334 e. The van der Waals surface area contributed by atoms with Crippen LogP contribution in [0.1, 0.15) is 19.4 Å². The summed E-state index contributed by atoms with van der Waals surface area (Å²) in [7, 11) is 0. The number of esters is 1. The zero-order valence-corrected chi connectivity index (χ0v) is 11.1. The van der Waals surface area contributed by atoms with E-state index in [0.717, 1.165) is 5.56 Å². The summed E-state index contributed by atoms with van der Waals surface area (Å²) in [4.78, 5) is 23.3. The first-order valence-corrected chi connectivity index (χ1v) is 6.20. The summed E-state index contributed by atoms with van der Waals surface area (Å²) in [5, 5.41) is 2.76. The lowest BCUT2D eigenvalue weighted by Crippen LogP contribution is -2.23. The van der Waals surface area contributed by atoms with E-state index in [4.69, 9.17) is 4.74 Å². The molecule has 100 valence electrons. The molecule has 4 nitrogen and oxygen atoms in total. The molecular formula is C15H17NO3. The number of carbonyl (C=O) groups excluding carboxylic acids is 2. The number of amides is 1. The molecule has 1 aliphatic rings. The van der Waals surface area contributed by atoms with E-state index < -0.39 is 11.4 Å². The third-order valence-electron chi connectivity index (χ3n) is 3.10. The molecule has 19 heavy (non-hydrogen) atoms. The van der Waals surface area contributed by atoms with Crippen LogP contribution < -0.4 is 5.32 Å². The molecule has 1 N–H and O–H groups in total. The molecule has 0 unspecified atom stereocenters. The monoisotopic (exact) mass is 259 g/mol. The average Bonchev–Trinajstić information content (AvgIpc) is 2.65. The molecular weight excluding hydrogens is 242 g/mol. The predicted molar refractivity (Wildman–Crippen MR) is 71.1 cm³/mol. The fourth-order valence-electron chi connectivity index (χ4n) is 1.90. The van der Waals surface area contributed by atoms with Crippen LogP contribution >= 0.6 is 0 Å². The van der Waals surface area contributed by atoms with Crippen LogP contribution in [0.3, 0.4) is 0 Å². The van der Waals surface area contributed by atoms with Crippen LogP contribution in [-0.2, 0) is 20.9 Å². The Labute approximate surface area is 112 Å². The highest BCUT2D eigenvalue weighted by Gasteiger charge is 2.38. The highest BCUT2D eigenvalue weighted by Crippen LogP contribution is 2.33. The van der Waals surface area contributed by atoms with Gasteiger partial charge in [-0.3, -0.25) is 4.79 Å². The van der Waals surface area contributed by atoms with Gasteiger partial charge in [-0.15, -0.1) is 0 Å². The minimum absolute atomic E-state index is 0.272. The summed E-state index contributed by atoms with van der Waals surface area (Å²) in [5.74, 6) is -0.675. The van der Waals surface area contributed by atoms with E-state index in [1.807, 2.05) is 44.2 Å². The molecule has 0 bridgehead atoms. The Balaban J connectivity index is 1.99. The first-order valence-electron chi connectivity index (χ1n) is 6.20. The van der Waals surface area contributed by atoms with Crippen molar-refractivity contribution in [3.05, 3.63) is 47.5 Å². The second-order valence-corrected chi connectivity index (χ2v) is 5.22. The number of benzene rings is 1. The first kappa shape index (κ1) is 13.3. The fourth-order valence-corrected chi connectivity index (χ4v) is 1.90. The molecule has 0 atom stereocenters. The quantitative estimate of drug-likeness (QED) is 0.665. The van der Waals surface area contributed by atoms with E-state index >= 15 is 0 Å². The van der Waals surface area contributed by atoms with Crippen molar-refractivity contribution in [2.75, 3.05) is 6.61 Å². The van der Waals surface area contributed by atoms with Gasteiger partial charge < -0.3 is 10.1 Å². The minimum Gasteiger partial charge on any atom is -0.461 e. The maximum absolute atomic E-state index is 11.8. The summed E-state index contributed by atoms with van der Waals surface area (Å²) < 4.78 is 4.96. The van der Waals surface area contributed by atoms with Crippen LogP contribution in [0.2, 0.25) is 0 Å². The van der Waals surface area contributed by atoms with Crippen molar-refractivity contribution in [1.29, 1.82) is 0 Å². The third-order valence-corrected chi connectivity index (χ3v) is 3.10. The van der Waals surface area contributed by atoms with Crippen molar-refractivity contribution in [2.45, 2.75) is 20.4 Å². The van der Waals surface area contributed by atoms with Gasteiger partial charge in [0.15, 0.2) is 0 Å². The summed E-state index contributed by atoms with van der Waals surface area (Å²) in [6.07, 6.45) is 1.35. The highest BCUT2D eigenvalue weighted by molar-refractivity contribution is 6.00. The molecule has 1 aromatic rings. The second kappa shape index (κ2) is 5.26. The van der Waals surface area contributed by atoms with Gasteiger partial charge in [-0.1, -0.05) is 44.2 Å². The van der Waals surface area contributed by atoms with E-state index in [1.165, 1.54) is 6.08 Å². The zero-order chi connectivity index (χ0) is 13.9. The number of rotatable bonds is 3. The molecule has 0 saturated carbocycles. The summed E-state index contributed by atoms with van der Waals surface area (Å²) >= 11 is 0. The average molecular weight is 259 g/mol. The van der Waals surface area contributed by atoms with E-state index in [2.05, 4.69) is 5.32 Å². The lowest BCUT2D eigenvalue weighted by Gasteiger charge is -2.13. The molecule has 2 rings (SSSR count). The van der Waals surface area contributed by atoms with Crippen molar-refractivity contribution in [3.63, 3.8) is 0 Å². The van der Waals surface area contributed by atoms with Gasteiger partial charge in [0, 0.05) is 18.0 Å². The Bertz CT molecular complexity index is 517.